The van der Waals surface area contributed by atoms with Crippen molar-refractivity contribution in [3.05, 3.63) is 65.6 Å². The van der Waals surface area contributed by atoms with E-state index in [-0.39, 0.29) is 12.2 Å². The monoisotopic (exact) mass is 437 g/mol. The molecule has 0 atom stereocenters. The Balaban J connectivity index is 1.61. The number of aryl methyl sites for hydroxylation is 1. The minimum atomic E-state index is -0.693. The highest BCUT2D eigenvalue weighted by atomic mass is 32.1. The minimum absolute atomic E-state index is 0.109. The average Bonchev–Trinajstić information content (AvgIpc) is 3.15. The molecule has 0 radical (unpaired) electrons. The van der Waals surface area contributed by atoms with Crippen LogP contribution < -0.4 is 10.2 Å². The molecule has 0 aliphatic rings. The van der Waals surface area contributed by atoms with E-state index in [0.717, 1.165) is 15.9 Å². The number of nitrogens with zero attached hydrogens (tertiary/aromatic N) is 4. The van der Waals surface area contributed by atoms with Crippen molar-refractivity contribution in [1.29, 1.82) is 0 Å². The van der Waals surface area contributed by atoms with Crippen LogP contribution in [0.5, 0.6) is 0 Å². The number of hydrogen-bond donors (Lipinski definition) is 1. The molecular formula is C22H20FN5O2S. The normalized spacial score (nSPS) is 10.8. The summed E-state index contributed by atoms with van der Waals surface area (Å²) in [6, 6.07) is 11.9. The second-order valence-electron chi connectivity index (χ2n) is 6.80. The number of nitrogens with one attached hydrogen (secondary N) is 1. The van der Waals surface area contributed by atoms with Crippen LogP contribution in [-0.4, -0.2) is 34.6 Å². The Morgan fingerprint density at radius 2 is 2.03 bits per heavy atom. The number of hydrogen-bond acceptors (Lipinski definition) is 8. The molecule has 0 amide bonds. The van der Waals surface area contributed by atoms with E-state index < -0.39 is 11.8 Å². The molecule has 3 aromatic heterocycles. The van der Waals surface area contributed by atoms with Gasteiger partial charge in [0.05, 0.1) is 12.2 Å². The molecule has 4 aromatic rings. The largest absolute Gasteiger partial charge is 0.462 e. The van der Waals surface area contributed by atoms with Crippen LogP contribution in [0.25, 0.3) is 10.3 Å². The summed E-state index contributed by atoms with van der Waals surface area (Å²) in [5.74, 6) is 0.0375. The van der Waals surface area contributed by atoms with Crippen LogP contribution in [-0.2, 0) is 4.74 Å². The topological polar surface area (TPSA) is 80.2 Å². The summed E-state index contributed by atoms with van der Waals surface area (Å²) in [6.07, 6.45) is 1.74. The zero-order chi connectivity index (χ0) is 22.0. The zero-order valence-corrected chi connectivity index (χ0v) is 18.0. The summed E-state index contributed by atoms with van der Waals surface area (Å²) >= 11 is 1.41. The van der Waals surface area contributed by atoms with Gasteiger partial charge in [-0.25, -0.2) is 24.1 Å². The predicted molar refractivity (Wildman–Crippen MR) is 120 cm³/mol. The fraction of sp³-hybridized carbons (Fsp3) is 0.182. The maximum absolute atomic E-state index is 14.1. The maximum Gasteiger partial charge on any atom is 0.341 e. The molecule has 0 aliphatic heterocycles. The van der Waals surface area contributed by atoms with Crippen molar-refractivity contribution in [3.8, 4) is 0 Å². The smallest absolute Gasteiger partial charge is 0.341 e. The van der Waals surface area contributed by atoms with E-state index in [1.807, 2.05) is 31.2 Å². The lowest BCUT2D eigenvalue weighted by Crippen LogP contribution is -2.13. The molecule has 0 aliphatic carbocycles. The molecule has 158 valence electrons. The minimum Gasteiger partial charge on any atom is -0.462 e. The van der Waals surface area contributed by atoms with Crippen molar-refractivity contribution in [2.45, 2.75) is 13.8 Å². The summed E-state index contributed by atoms with van der Waals surface area (Å²) in [7, 11) is 1.80. The molecule has 0 spiro atoms. The summed E-state index contributed by atoms with van der Waals surface area (Å²) in [5, 5.41) is 3.89. The number of benzene rings is 1. The summed E-state index contributed by atoms with van der Waals surface area (Å²) in [5.41, 5.74) is 2.36. The molecule has 0 bridgehead atoms. The van der Waals surface area contributed by atoms with Crippen LogP contribution in [0.15, 0.2) is 48.7 Å². The number of rotatable bonds is 6. The highest BCUT2D eigenvalue weighted by Crippen LogP contribution is 2.31. The highest BCUT2D eigenvalue weighted by Gasteiger charge is 2.17. The number of carbonyl (C=O) groups is 1. The Bertz CT molecular complexity index is 1260. The second-order valence-corrected chi connectivity index (χ2v) is 7.78. The lowest BCUT2D eigenvalue weighted by Gasteiger charge is -2.19. The Morgan fingerprint density at radius 1 is 1.19 bits per heavy atom. The van der Waals surface area contributed by atoms with Gasteiger partial charge in [0, 0.05) is 18.9 Å². The summed E-state index contributed by atoms with van der Waals surface area (Å²) in [6.45, 7) is 3.85. The van der Waals surface area contributed by atoms with Crippen LogP contribution >= 0.6 is 11.3 Å². The van der Waals surface area contributed by atoms with Gasteiger partial charge in [-0.15, -0.1) is 0 Å². The van der Waals surface area contributed by atoms with Crippen molar-refractivity contribution in [3.63, 3.8) is 0 Å². The molecule has 0 fully saturated rings. The van der Waals surface area contributed by atoms with Crippen LogP contribution in [0.2, 0.25) is 0 Å². The first kappa shape index (κ1) is 20.7. The molecule has 7 nitrogen and oxygen atoms in total. The van der Waals surface area contributed by atoms with E-state index >= 15 is 0 Å². The van der Waals surface area contributed by atoms with Gasteiger partial charge in [-0.05, 0) is 61.9 Å². The Labute approximate surface area is 182 Å². The number of halogens is 1. The van der Waals surface area contributed by atoms with Crippen LogP contribution in [0.4, 0.5) is 26.8 Å². The SMILES string of the molecule is CCOC(=O)c1cc(N(C)c2ccc3nc(Nc4cc(C)ccn4)sc3n2)ccc1F. The Morgan fingerprint density at radius 3 is 2.81 bits per heavy atom. The van der Waals surface area contributed by atoms with E-state index in [2.05, 4.69) is 20.3 Å². The third kappa shape index (κ3) is 4.46. The lowest BCUT2D eigenvalue weighted by atomic mass is 10.1. The third-order valence-electron chi connectivity index (χ3n) is 4.57. The van der Waals surface area contributed by atoms with E-state index in [1.165, 1.54) is 23.5 Å². The highest BCUT2D eigenvalue weighted by molar-refractivity contribution is 7.21. The number of esters is 1. The molecule has 0 saturated carbocycles. The van der Waals surface area contributed by atoms with E-state index in [0.29, 0.717) is 22.5 Å². The molecule has 31 heavy (non-hydrogen) atoms. The van der Waals surface area contributed by atoms with Crippen LogP contribution in [0.3, 0.4) is 0 Å². The quantitative estimate of drug-likeness (QED) is 0.414. The van der Waals surface area contributed by atoms with Gasteiger partial charge in [-0.1, -0.05) is 11.3 Å². The zero-order valence-electron chi connectivity index (χ0n) is 17.2. The van der Waals surface area contributed by atoms with E-state index in [9.17, 15) is 9.18 Å². The standard InChI is InChI=1S/C22H20FN5O2S/c1-4-30-21(29)15-12-14(5-6-16(15)23)28(3)19-8-7-17-20(27-19)31-22(25-17)26-18-11-13(2)9-10-24-18/h5-12H,4H2,1-3H3,(H,24,25,26). The van der Waals surface area contributed by atoms with Gasteiger partial charge in [0.1, 0.15) is 27.8 Å². The predicted octanol–water partition coefficient (Wildman–Crippen LogP) is 5.22. The van der Waals surface area contributed by atoms with Crippen LogP contribution in [0, 0.1) is 12.7 Å². The maximum atomic E-state index is 14.1. The number of carbonyl (C=O) groups excluding carboxylic acids is 1. The van der Waals surface area contributed by atoms with Crippen molar-refractivity contribution in [2.75, 3.05) is 23.9 Å². The first-order valence-electron chi connectivity index (χ1n) is 9.62. The van der Waals surface area contributed by atoms with Crippen molar-refractivity contribution in [2.24, 2.45) is 0 Å². The Kier molecular flexibility index (Phi) is 5.77. The lowest BCUT2D eigenvalue weighted by molar-refractivity contribution is 0.0521. The van der Waals surface area contributed by atoms with Gasteiger partial charge in [0.15, 0.2) is 5.13 Å². The van der Waals surface area contributed by atoms with Gasteiger partial charge in [0.25, 0.3) is 0 Å². The molecule has 1 aromatic carbocycles. The molecular weight excluding hydrogens is 417 g/mol. The van der Waals surface area contributed by atoms with Gasteiger partial charge in [-0.3, -0.25) is 0 Å². The Hall–Kier alpha value is -3.59. The van der Waals surface area contributed by atoms with Crippen LogP contribution in [0.1, 0.15) is 22.8 Å². The summed E-state index contributed by atoms with van der Waals surface area (Å²) in [4.78, 5) is 28.1. The first-order valence-corrected chi connectivity index (χ1v) is 10.4. The third-order valence-corrected chi connectivity index (χ3v) is 5.45. The van der Waals surface area contributed by atoms with Crippen molar-refractivity contribution in [1.82, 2.24) is 15.0 Å². The second kappa shape index (κ2) is 8.65. The molecule has 0 unspecified atom stereocenters. The van der Waals surface area contributed by atoms with E-state index in [1.54, 1.807) is 31.1 Å². The van der Waals surface area contributed by atoms with E-state index in [4.69, 9.17) is 4.74 Å². The van der Waals surface area contributed by atoms with Gasteiger partial charge in [-0.2, -0.15) is 0 Å². The number of aromatic nitrogens is 3. The van der Waals surface area contributed by atoms with Crippen molar-refractivity contribution < 1.29 is 13.9 Å². The fourth-order valence-electron chi connectivity index (χ4n) is 2.98. The van der Waals surface area contributed by atoms with Crippen molar-refractivity contribution >= 4 is 50.1 Å². The van der Waals surface area contributed by atoms with Gasteiger partial charge < -0.3 is 15.0 Å². The number of thiazole rings is 1. The number of ether oxygens (including phenoxy) is 1. The fourth-order valence-corrected chi connectivity index (χ4v) is 3.82. The summed E-state index contributed by atoms with van der Waals surface area (Å²) < 4.78 is 19.0. The molecule has 1 N–H and O–H groups in total. The van der Waals surface area contributed by atoms with Gasteiger partial charge in [0.2, 0.25) is 0 Å². The number of pyridine rings is 2. The molecule has 9 heteroatoms. The van der Waals surface area contributed by atoms with Gasteiger partial charge >= 0.3 is 5.97 Å². The molecule has 4 rings (SSSR count). The molecule has 3 heterocycles. The first-order chi connectivity index (χ1) is 14.9. The number of fused-ring (bicyclic) bond motifs is 1. The number of anilines is 4. The molecule has 0 saturated heterocycles. The average molecular weight is 438 g/mol.